The van der Waals surface area contributed by atoms with Crippen LogP contribution in [0.25, 0.3) is 0 Å². The number of hydrogen-bond acceptors (Lipinski definition) is 2. The summed E-state index contributed by atoms with van der Waals surface area (Å²) in [4.78, 5) is 7.01. The van der Waals surface area contributed by atoms with Gasteiger partial charge in [0.2, 0.25) is 0 Å². The van der Waals surface area contributed by atoms with Crippen molar-refractivity contribution in [3.63, 3.8) is 0 Å². The SMILES string of the molecule is I.NC(=NCCCCN1CCCC1)NC1CCCCC1. The number of nitrogens with one attached hydrogen (secondary N) is 1. The van der Waals surface area contributed by atoms with Crippen molar-refractivity contribution in [2.24, 2.45) is 10.7 Å². The fourth-order valence-corrected chi connectivity index (χ4v) is 3.15. The quantitative estimate of drug-likeness (QED) is 0.315. The Hall–Kier alpha value is -0.0400. The molecule has 1 saturated heterocycles. The number of likely N-dealkylation sites (tertiary alicyclic amines) is 1. The van der Waals surface area contributed by atoms with E-state index in [1.165, 1.54) is 71.0 Å². The minimum atomic E-state index is 0. The van der Waals surface area contributed by atoms with Gasteiger partial charge in [0.05, 0.1) is 0 Å². The van der Waals surface area contributed by atoms with Crippen LogP contribution in [0, 0.1) is 0 Å². The number of guanidine groups is 1. The lowest BCUT2D eigenvalue weighted by molar-refractivity contribution is 0.331. The van der Waals surface area contributed by atoms with E-state index >= 15 is 0 Å². The molecule has 0 aromatic rings. The monoisotopic (exact) mass is 394 g/mol. The molecule has 1 saturated carbocycles. The molecule has 1 aliphatic carbocycles. The molecule has 3 N–H and O–H groups in total. The lowest BCUT2D eigenvalue weighted by Gasteiger charge is -2.23. The fourth-order valence-electron chi connectivity index (χ4n) is 3.15. The Balaban J connectivity index is 0.00000200. The van der Waals surface area contributed by atoms with Crippen LogP contribution in [0.2, 0.25) is 0 Å². The summed E-state index contributed by atoms with van der Waals surface area (Å²) < 4.78 is 0. The third kappa shape index (κ3) is 7.11. The molecule has 0 amide bonds. The zero-order valence-electron chi connectivity index (χ0n) is 12.6. The highest BCUT2D eigenvalue weighted by molar-refractivity contribution is 14.0. The van der Waals surface area contributed by atoms with Gasteiger partial charge in [-0.2, -0.15) is 0 Å². The van der Waals surface area contributed by atoms with Crippen LogP contribution in [0.3, 0.4) is 0 Å². The average molecular weight is 394 g/mol. The van der Waals surface area contributed by atoms with E-state index in [0.29, 0.717) is 12.0 Å². The molecule has 2 fully saturated rings. The molecular weight excluding hydrogens is 363 g/mol. The smallest absolute Gasteiger partial charge is 0.188 e. The Morgan fingerprint density at radius 3 is 2.45 bits per heavy atom. The van der Waals surface area contributed by atoms with Gasteiger partial charge in [-0.3, -0.25) is 4.99 Å². The number of aliphatic imine (C=N–C) groups is 1. The number of rotatable bonds is 6. The lowest BCUT2D eigenvalue weighted by atomic mass is 9.96. The Morgan fingerprint density at radius 2 is 1.75 bits per heavy atom. The fraction of sp³-hybridized carbons (Fsp3) is 0.933. The summed E-state index contributed by atoms with van der Waals surface area (Å²) in [5.74, 6) is 0.660. The van der Waals surface area contributed by atoms with Crippen LogP contribution >= 0.6 is 24.0 Å². The van der Waals surface area contributed by atoms with Crippen LogP contribution in [0.4, 0.5) is 0 Å². The zero-order valence-corrected chi connectivity index (χ0v) is 15.0. The highest BCUT2D eigenvalue weighted by Crippen LogP contribution is 2.17. The minimum Gasteiger partial charge on any atom is -0.370 e. The molecular formula is C15H31IN4. The molecule has 2 aliphatic rings. The van der Waals surface area contributed by atoms with Crippen molar-refractivity contribution >= 4 is 29.9 Å². The van der Waals surface area contributed by atoms with Crippen molar-refractivity contribution in [3.05, 3.63) is 0 Å². The molecule has 1 aliphatic heterocycles. The normalized spacial score (nSPS) is 21.7. The first-order chi connectivity index (χ1) is 9.34. The second-order valence-electron chi connectivity index (χ2n) is 6.00. The van der Waals surface area contributed by atoms with Crippen molar-refractivity contribution in [1.29, 1.82) is 0 Å². The standard InChI is InChI=1S/C15H30N4.HI/c16-15(18-14-8-2-1-3-9-14)17-10-4-5-11-19-12-6-7-13-19;/h14H,1-13H2,(H3,16,17,18);1H. The first-order valence-corrected chi connectivity index (χ1v) is 8.13. The van der Waals surface area contributed by atoms with Crippen molar-refractivity contribution in [3.8, 4) is 0 Å². The maximum absolute atomic E-state index is 5.94. The number of unbranched alkanes of at least 4 members (excludes halogenated alkanes) is 1. The maximum atomic E-state index is 5.94. The Morgan fingerprint density at radius 1 is 1.05 bits per heavy atom. The summed E-state index contributed by atoms with van der Waals surface area (Å²) in [6.45, 7) is 4.72. The van der Waals surface area contributed by atoms with E-state index in [1.54, 1.807) is 0 Å². The van der Waals surface area contributed by atoms with Gasteiger partial charge in [-0.25, -0.2) is 0 Å². The summed E-state index contributed by atoms with van der Waals surface area (Å²) in [6, 6.07) is 0.571. The van der Waals surface area contributed by atoms with Gasteiger partial charge in [0.15, 0.2) is 5.96 Å². The Labute approximate surface area is 141 Å². The van der Waals surface area contributed by atoms with Crippen LogP contribution in [-0.4, -0.2) is 43.1 Å². The summed E-state index contributed by atoms with van der Waals surface area (Å²) in [6.07, 6.45) is 11.7. The van der Waals surface area contributed by atoms with E-state index in [1.807, 2.05) is 0 Å². The lowest BCUT2D eigenvalue weighted by Crippen LogP contribution is -2.41. The van der Waals surface area contributed by atoms with Gasteiger partial charge in [-0.1, -0.05) is 19.3 Å². The molecule has 20 heavy (non-hydrogen) atoms. The Kier molecular flexibility index (Phi) is 9.59. The number of hydrogen-bond donors (Lipinski definition) is 2. The highest BCUT2D eigenvalue weighted by Gasteiger charge is 2.13. The molecule has 5 heteroatoms. The van der Waals surface area contributed by atoms with Crippen molar-refractivity contribution < 1.29 is 0 Å². The molecule has 0 bridgehead atoms. The van der Waals surface area contributed by atoms with Gasteiger partial charge in [0, 0.05) is 12.6 Å². The van der Waals surface area contributed by atoms with Gasteiger partial charge in [-0.15, -0.1) is 24.0 Å². The molecule has 0 aromatic carbocycles. The second-order valence-corrected chi connectivity index (χ2v) is 6.00. The maximum Gasteiger partial charge on any atom is 0.188 e. The van der Waals surface area contributed by atoms with Crippen LogP contribution in [0.15, 0.2) is 4.99 Å². The number of nitrogens with zero attached hydrogens (tertiary/aromatic N) is 2. The van der Waals surface area contributed by atoms with Crippen molar-refractivity contribution in [1.82, 2.24) is 10.2 Å². The highest BCUT2D eigenvalue weighted by atomic mass is 127. The largest absolute Gasteiger partial charge is 0.370 e. The third-order valence-corrected chi connectivity index (χ3v) is 4.32. The van der Waals surface area contributed by atoms with Crippen LogP contribution in [-0.2, 0) is 0 Å². The predicted molar refractivity (Wildman–Crippen MR) is 96.8 cm³/mol. The topological polar surface area (TPSA) is 53.6 Å². The van der Waals surface area contributed by atoms with E-state index < -0.39 is 0 Å². The van der Waals surface area contributed by atoms with Gasteiger partial charge >= 0.3 is 0 Å². The second kappa shape index (κ2) is 10.7. The first kappa shape index (κ1) is 18.0. The molecule has 4 nitrogen and oxygen atoms in total. The molecule has 0 unspecified atom stereocenters. The molecule has 0 atom stereocenters. The van der Waals surface area contributed by atoms with Crippen LogP contribution < -0.4 is 11.1 Å². The summed E-state index contributed by atoms with van der Waals surface area (Å²) in [5, 5.41) is 3.37. The minimum absolute atomic E-state index is 0. The van der Waals surface area contributed by atoms with Gasteiger partial charge < -0.3 is 16.0 Å². The van der Waals surface area contributed by atoms with Gasteiger partial charge in [-0.05, 0) is 58.2 Å². The number of halogens is 1. The van der Waals surface area contributed by atoms with Crippen molar-refractivity contribution in [2.45, 2.75) is 63.8 Å². The van der Waals surface area contributed by atoms with Crippen LogP contribution in [0.1, 0.15) is 57.8 Å². The van der Waals surface area contributed by atoms with Crippen molar-refractivity contribution in [2.75, 3.05) is 26.2 Å². The van der Waals surface area contributed by atoms with Gasteiger partial charge in [0.1, 0.15) is 0 Å². The van der Waals surface area contributed by atoms with E-state index in [-0.39, 0.29) is 24.0 Å². The van der Waals surface area contributed by atoms with Gasteiger partial charge in [0.25, 0.3) is 0 Å². The Bertz CT molecular complexity index is 271. The summed E-state index contributed by atoms with van der Waals surface area (Å²) in [5.41, 5.74) is 5.94. The molecule has 0 radical (unpaired) electrons. The van der Waals surface area contributed by atoms with Crippen LogP contribution in [0.5, 0.6) is 0 Å². The molecule has 118 valence electrons. The van der Waals surface area contributed by atoms with E-state index in [4.69, 9.17) is 5.73 Å². The summed E-state index contributed by atoms with van der Waals surface area (Å²) >= 11 is 0. The first-order valence-electron chi connectivity index (χ1n) is 8.13. The molecule has 1 heterocycles. The zero-order chi connectivity index (χ0) is 13.3. The van der Waals surface area contributed by atoms with E-state index in [0.717, 1.165) is 13.0 Å². The molecule has 0 spiro atoms. The molecule has 0 aromatic heterocycles. The summed E-state index contributed by atoms with van der Waals surface area (Å²) in [7, 11) is 0. The average Bonchev–Trinajstić information content (AvgIpc) is 2.92. The molecule has 2 rings (SSSR count). The predicted octanol–water partition coefficient (Wildman–Crippen LogP) is 2.72. The van der Waals surface area contributed by atoms with E-state index in [9.17, 15) is 0 Å². The number of nitrogens with two attached hydrogens (primary N) is 1. The third-order valence-electron chi connectivity index (χ3n) is 4.32. The van der Waals surface area contributed by atoms with E-state index in [2.05, 4.69) is 15.2 Å².